The number of carbonyl (C=O) groups excluding carboxylic acids is 2. The normalized spacial score (nSPS) is 19.8. The molecule has 7 nitrogen and oxygen atoms in total. The second-order valence-electron chi connectivity index (χ2n) is 5.79. The van der Waals surface area contributed by atoms with Crippen molar-refractivity contribution >= 4 is 27.6 Å². The molecule has 0 bridgehead atoms. The maximum absolute atomic E-state index is 13.7. The second kappa shape index (κ2) is 6.06. The number of benzene rings is 2. The number of hydrogen-bond donors (Lipinski definition) is 3. The Bertz CT molecular complexity index is 1010. The number of carbonyl (C=O) groups is 2. The molecule has 0 spiro atoms. The topological polar surface area (TPSA) is 104 Å². The van der Waals surface area contributed by atoms with E-state index in [1.807, 2.05) is 0 Å². The number of imide groups is 1. The SMILES string of the molecule is C[C@]1(c2ccc(NS(=O)(=O)c3ccc(F)cc3F)cc2)NC(=O)NC1=O. The number of anilines is 1. The van der Waals surface area contributed by atoms with E-state index >= 15 is 0 Å². The molecule has 0 unspecified atom stereocenters. The summed E-state index contributed by atoms with van der Waals surface area (Å²) in [6, 6.07) is 7.11. The van der Waals surface area contributed by atoms with Gasteiger partial charge in [-0.05, 0) is 36.8 Å². The van der Waals surface area contributed by atoms with Crippen molar-refractivity contribution in [3.8, 4) is 0 Å². The Balaban J connectivity index is 1.85. The van der Waals surface area contributed by atoms with Gasteiger partial charge < -0.3 is 5.32 Å². The zero-order valence-corrected chi connectivity index (χ0v) is 14.2. The Morgan fingerprint density at radius 3 is 2.23 bits per heavy atom. The van der Waals surface area contributed by atoms with Crippen LogP contribution in [0, 0.1) is 11.6 Å². The van der Waals surface area contributed by atoms with Crippen LogP contribution >= 0.6 is 0 Å². The van der Waals surface area contributed by atoms with Crippen molar-refractivity contribution in [2.45, 2.75) is 17.4 Å². The summed E-state index contributed by atoms with van der Waals surface area (Å²) in [7, 11) is -4.27. The minimum atomic E-state index is -4.27. The number of rotatable bonds is 4. The Labute approximate surface area is 147 Å². The summed E-state index contributed by atoms with van der Waals surface area (Å²) in [6.07, 6.45) is 0. The first-order valence-electron chi connectivity index (χ1n) is 7.34. The van der Waals surface area contributed by atoms with Gasteiger partial charge >= 0.3 is 6.03 Å². The Morgan fingerprint density at radius 1 is 1.04 bits per heavy atom. The highest BCUT2D eigenvalue weighted by Crippen LogP contribution is 2.26. The first-order chi connectivity index (χ1) is 12.1. The van der Waals surface area contributed by atoms with Crippen LogP contribution in [-0.4, -0.2) is 20.4 Å². The highest BCUT2D eigenvalue weighted by atomic mass is 32.2. The van der Waals surface area contributed by atoms with Crippen LogP contribution in [0.5, 0.6) is 0 Å². The van der Waals surface area contributed by atoms with Crippen molar-refractivity contribution in [2.24, 2.45) is 0 Å². The van der Waals surface area contributed by atoms with E-state index in [2.05, 4.69) is 15.4 Å². The minimum Gasteiger partial charge on any atom is -0.320 e. The Kier molecular flexibility index (Phi) is 4.15. The van der Waals surface area contributed by atoms with E-state index in [0.29, 0.717) is 11.6 Å². The molecule has 1 saturated heterocycles. The molecule has 2 aromatic carbocycles. The number of amides is 3. The quantitative estimate of drug-likeness (QED) is 0.703. The lowest BCUT2D eigenvalue weighted by atomic mass is 9.92. The second-order valence-corrected chi connectivity index (χ2v) is 7.44. The number of sulfonamides is 1. The van der Waals surface area contributed by atoms with Crippen molar-refractivity contribution in [1.29, 1.82) is 0 Å². The van der Waals surface area contributed by atoms with E-state index in [-0.39, 0.29) is 5.69 Å². The fourth-order valence-electron chi connectivity index (χ4n) is 2.52. The van der Waals surface area contributed by atoms with Crippen LogP contribution in [0.1, 0.15) is 12.5 Å². The predicted octanol–water partition coefficient (Wildman–Crippen LogP) is 1.82. The summed E-state index contributed by atoms with van der Waals surface area (Å²) in [5.74, 6) is -2.65. The average molecular weight is 381 g/mol. The Hall–Kier alpha value is -3.01. The van der Waals surface area contributed by atoms with Gasteiger partial charge in [-0.25, -0.2) is 22.0 Å². The molecule has 3 N–H and O–H groups in total. The van der Waals surface area contributed by atoms with Gasteiger partial charge in [0.15, 0.2) is 0 Å². The van der Waals surface area contributed by atoms with Crippen molar-refractivity contribution in [3.05, 3.63) is 59.7 Å². The zero-order chi connectivity index (χ0) is 19.1. The van der Waals surface area contributed by atoms with E-state index in [9.17, 15) is 26.8 Å². The van der Waals surface area contributed by atoms with Gasteiger partial charge in [0, 0.05) is 11.8 Å². The monoisotopic (exact) mass is 381 g/mol. The molecular formula is C16H13F2N3O4S. The number of urea groups is 1. The van der Waals surface area contributed by atoms with Crippen LogP contribution in [-0.2, 0) is 20.4 Å². The van der Waals surface area contributed by atoms with Gasteiger partial charge in [-0.3, -0.25) is 14.8 Å². The zero-order valence-electron chi connectivity index (χ0n) is 13.3. The molecule has 2 aromatic rings. The molecule has 0 saturated carbocycles. The van der Waals surface area contributed by atoms with Gasteiger partial charge in [0.25, 0.3) is 15.9 Å². The summed E-state index contributed by atoms with van der Waals surface area (Å²) in [6.45, 7) is 1.50. The fraction of sp³-hybridized carbons (Fsp3) is 0.125. The van der Waals surface area contributed by atoms with Crippen LogP contribution in [0.3, 0.4) is 0 Å². The van der Waals surface area contributed by atoms with Gasteiger partial charge in [0.1, 0.15) is 22.1 Å². The summed E-state index contributed by atoms with van der Waals surface area (Å²) < 4.78 is 53.3. The number of halogens is 2. The maximum Gasteiger partial charge on any atom is 0.322 e. The standard InChI is InChI=1S/C16H13F2N3O4S/c1-16(14(22)19-15(23)20-16)9-2-5-11(6-3-9)21-26(24,25)13-7-4-10(17)8-12(13)18/h2-8,21H,1H3,(H2,19,20,22,23)/t16-/m1/s1. The molecule has 0 aromatic heterocycles. The van der Waals surface area contributed by atoms with E-state index in [4.69, 9.17) is 0 Å². The molecule has 3 amide bonds. The van der Waals surface area contributed by atoms with Crippen LogP contribution in [0.15, 0.2) is 47.4 Å². The predicted molar refractivity (Wildman–Crippen MR) is 87.6 cm³/mol. The number of nitrogens with one attached hydrogen (secondary N) is 3. The maximum atomic E-state index is 13.7. The van der Waals surface area contributed by atoms with Gasteiger partial charge in [-0.1, -0.05) is 12.1 Å². The van der Waals surface area contributed by atoms with Crippen LogP contribution < -0.4 is 15.4 Å². The summed E-state index contributed by atoms with van der Waals surface area (Å²) >= 11 is 0. The third kappa shape index (κ3) is 3.10. The Morgan fingerprint density at radius 2 is 1.69 bits per heavy atom. The molecule has 10 heteroatoms. The minimum absolute atomic E-state index is 0.103. The summed E-state index contributed by atoms with van der Waals surface area (Å²) in [4.78, 5) is 22.5. The molecule has 1 atom stereocenters. The van der Waals surface area contributed by atoms with E-state index in [1.165, 1.54) is 31.2 Å². The molecule has 3 rings (SSSR count). The van der Waals surface area contributed by atoms with Crippen LogP contribution in [0.25, 0.3) is 0 Å². The average Bonchev–Trinajstić information content (AvgIpc) is 2.80. The van der Waals surface area contributed by atoms with E-state index in [0.717, 1.165) is 12.1 Å². The van der Waals surface area contributed by atoms with Crippen molar-refractivity contribution in [3.63, 3.8) is 0 Å². The fourth-order valence-corrected chi connectivity index (χ4v) is 3.64. The highest BCUT2D eigenvalue weighted by Gasteiger charge is 2.43. The summed E-state index contributed by atoms with van der Waals surface area (Å²) in [5, 5.41) is 4.60. The van der Waals surface area contributed by atoms with Crippen molar-refractivity contribution in [1.82, 2.24) is 10.6 Å². The first kappa shape index (κ1) is 17.8. The molecule has 0 radical (unpaired) electrons. The molecule has 1 aliphatic heterocycles. The van der Waals surface area contributed by atoms with Gasteiger partial charge in [0.2, 0.25) is 0 Å². The largest absolute Gasteiger partial charge is 0.322 e. The molecule has 1 heterocycles. The van der Waals surface area contributed by atoms with Crippen molar-refractivity contribution < 1.29 is 26.8 Å². The van der Waals surface area contributed by atoms with Gasteiger partial charge in [-0.2, -0.15) is 0 Å². The summed E-state index contributed by atoms with van der Waals surface area (Å²) in [5.41, 5.74) is -0.750. The molecule has 0 aliphatic carbocycles. The van der Waals surface area contributed by atoms with E-state index < -0.39 is 44.0 Å². The molecule has 26 heavy (non-hydrogen) atoms. The lowest BCUT2D eigenvalue weighted by Gasteiger charge is -2.21. The third-order valence-corrected chi connectivity index (χ3v) is 5.36. The van der Waals surface area contributed by atoms with Crippen LogP contribution in [0.2, 0.25) is 0 Å². The number of hydrogen-bond acceptors (Lipinski definition) is 4. The van der Waals surface area contributed by atoms with Crippen LogP contribution in [0.4, 0.5) is 19.3 Å². The van der Waals surface area contributed by atoms with E-state index in [1.54, 1.807) is 0 Å². The molecule has 136 valence electrons. The lowest BCUT2D eigenvalue weighted by molar-refractivity contribution is -0.123. The third-order valence-electron chi connectivity index (χ3n) is 3.94. The molecular weight excluding hydrogens is 368 g/mol. The lowest BCUT2D eigenvalue weighted by Crippen LogP contribution is -2.40. The van der Waals surface area contributed by atoms with Gasteiger partial charge in [0.05, 0.1) is 0 Å². The smallest absolute Gasteiger partial charge is 0.320 e. The van der Waals surface area contributed by atoms with Gasteiger partial charge in [-0.15, -0.1) is 0 Å². The molecule has 1 fully saturated rings. The highest BCUT2D eigenvalue weighted by molar-refractivity contribution is 7.92. The van der Waals surface area contributed by atoms with Crippen molar-refractivity contribution in [2.75, 3.05) is 4.72 Å². The molecule has 1 aliphatic rings. The first-order valence-corrected chi connectivity index (χ1v) is 8.82.